The van der Waals surface area contributed by atoms with Crippen LogP contribution in [0.4, 0.5) is 5.69 Å². The van der Waals surface area contributed by atoms with Gasteiger partial charge in [0, 0.05) is 64.0 Å². The zero-order valence-corrected chi connectivity index (χ0v) is 18.9. The van der Waals surface area contributed by atoms with E-state index in [1.54, 1.807) is 0 Å². The molecule has 166 valence electrons. The highest BCUT2D eigenvalue weighted by Crippen LogP contribution is 2.21. The highest BCUT2D eigenvalue weighted by Gasteiger charge is 2.21. The fourth-order valence-electron chi connectivity index (χ4n) is 4.11. The summed E-state index contributed by atoms with van der Waals surface area (Å²) in [4.78, 5) is 23.6. The van der Waals surface area contributed by atoms with Crippen LogP contribution < -0.4 is 15.5 Å². The van der Waals surface area contributed by atoms with Crippen LogP contribution in [0.1, 0.15) is 39.2 Å². The van der Waals surface area contributed by atoms with Gasteiger partial charge < -0.3 is 20.4 Å². The Labute approximate surface area is 181 Å². The number of anilines is 1. The van der Waals surface area contributed by atoms with E-state index in [2.05, 4.69) is 53.3 Å². The van der Waals surface area contributed by atoms with E-state index in [0.717, 1.165) is 76.0 Å². The van der Waals surface area contributed by atoms with E-state index in [1.807, 2.05) is 17.0 Å². The minimum Gasteiger partial charge on any atom is -0.357 e. The normalized spacial score (nSPS) is 19.9. The molecular formula is C23H38N6O. The molecule has 1 amide bonds. The Morgan fingerprint density at radius 2 is 1.80 bits per heavy atom. The first kappa shape index (κ1) is 22.6. The zero-order valence-electron chi connectivity index (χ0n) is 18.9. The van der Waals surface area contributed by atoms with Crippen LogP contribution in [0.2, 0.25) is 0 Å². The maximum absolute atomic E-state index is 11.9. The minimum atomic E-state index is 0.227. The molecule has 2 heterocycles. The van der Waals surface area contributed by atoms with Crippen molar-refractivity contribution in [3.63, 3.8) is 0 Å². The van der Waals surface area contributed by atoms with Crippen LogP contribution in [0.5, 0.6) is 0 Å². The molecular weight excluding hydrogens is 376 g/mol. The van der Waals surface area contributed by atoms with Gasteiger partial charge in [0.15, 0.2) is 5.96 Å². The lowest BCUT2D eigenvalue weighted by atomic mass is 10.2. The number of rotatable bonds is 8. The fraction of sp³-hybridized carbons (Fsp3) is 0.652. The molecule has 30 heavy (non-hydrogen) atoms. The summed E-state index contributed by atoms with van der Waals surface area (Å²) < 4.78 is 0. The quantitative estimate of drug-likeness (QED) is 0.503. The Bertz CT molecular complexity index is 696. The Kier molecular flexibility index (Phi) is 8.51. The van der Waals surface area contributed by atoms with Crippen LogP contribution in [0.3, 0.4) is 0 Å². The first-order chi connectivity index (χ1) is 14.6. The van der Waals surface area contributed by atoms with Gasteiger partial charge >= 0.3 is 0 Å². The average Bonchev–Trinajstić information content (AvgIpc) is 3.21. The molecule has 1 aromatic carbocycles. The van der Waals surface area contributed by atoms with Crippen LogP contribution in [-0.2, 0) is 11.3 Å². The summed E-state index contributed by atoms with van der Waals surface area (Å²) in [5.41, 5.74) is 2.14. The molecule has 0 aromatic heterocycles. The van der Waals surface area contributed by atoms with Gasteiger partial charge in [-0.2, -0.15) is 0 Å². The molecule has 2 N–H and O–H groups in total. The van der Waals surface area contributed by atoms with Crippen LogP contribution in [0.25, 0.3) is 0 Å². The lowest BCUT2D eigenvalue weighted by molar-refractivity contribution is -0.117. The van der Waals surface area contributed by atoms with Crippen molar-refractivity contribution >= 4 is 17.6 Å². The molecule has 0 bridgehead atoms. The second kappa shape index (κ2) is 11.3. The second-order valence-electron chi connectivity index (χ2n) is 8.21. The number of carbonyl (C=O) groups excluding carboxylic acids is 1. The largest absolute Gasteiger partial charge is 0.357 e. The van der Waals surface area contributed by atoms with Gasteiger partial charge in [-0.1, -0.05) is 19.1 Å². The van der Waals surface area contributed by atoms with Crippen molar-refractivity contribution in [3.05, 3.63) is 29.8 Å². The predicted octanol–water partition coefficient (Wildman–Crippen LogP) is 1.89. The topological polar surface area (TPSA) is 63.2 Å². The average molecular weight is 415 g/mol. The molecule has 0 saturated carbocycles. The molecule has 7 nitrogen and oxygen atoms in total. The first-order valence-electron chi connectivity index (χ1n) is 11.5. The van der Waals surface area contributed by atoms with Crippen molar-refractivity contribution < 1.29 is 4.79 Å². The molecule has 0 aliphatic carbocycles. The van der Waals surface area contributed by atoms with Crippen LogP contribution >= 0.6 is 0 Å². The van der Waals surface area contributed by atoms with Gasteiger partial charge in [-0.3, -0.25) is 9.69 Å². The molecule has 2 aliphatic rings. The predicted molar refractivity (Wildman–Crippen MR) is 124 cm³/mol. The molecule has 1 atom stereocenters. The van der Waals surface area contributed by atoms with Crippen LogP contribution in [0, 0.1) is 0 Å². The summed E-state index contributed by atoms with van der Waals surface area (Å²) in [5, 5.41) is 6.85. The first-order valence-corrected chi connectivity index (χ1v) is 11.5. The highest BCUT2D eigenvalue weighted by atomic mass is 16.2. The molecule has 1 aromatic rings. The summed E-state index contributed by atoms with van der Waals surface area (Å²) in [6.45, 7) is 15.5. The van der Waals surface area contributed by atoms with E-state index in [-0.39, 0.29) is 5.91 Å². The van der Waals surface area contributed by atoms with E-state index in [4.69, 9.17) is 4.99 Å². The summed E-state index contributed by atoms with van der Waals surface area (Å²) in [5.74, 6) is 1.08. The van der Waals surface area contributed by atoms with Crippen LogP contribution in [0.15, 0.2) is 29.3 Å². The van der Waals surface area contributed by atoms with Crippen molar-refractivity contribution in [3.8, 4) is 0 Å². The molecule has 3 rings (SSSR count). The van der Waals surface area contributed by atoms with E-state index in [9.17, 15) is 4.79 Å². The zero-order chi connectivity index (χ0) is 21.3. The standard InChI is InChI=1S/C23H38N6O/c1-4-24-23(25-17-19(3)28-15-13-27(5-2)14-16-28)26-18-20-8-10-21(11-9-20)29-12-6-7-22(29)30/h8-11,19H,4-7,12-18H2,1-3H3,(H2,24,25,26). The Balaban J connectivity index is 1.49. The number of carbonyl (C=O) groups is 1. The lowest BCUT2D eigenvalue weighted by Gasteiger charge is -2.37. The number of amides is 1. The third-order valence-corrected chi connectivity index (χ3v) is 6.13. The van der Waals surface area contributed by atoms with E-state index in [0.29, 0.717) is 19.0 Å². The number of aliphatic imine (C=N–C) groups is 1. The smallest absolute Gasteiger partial charge is 0.227 e. The molecule has 2 fully saturated rings. The fourth-order valence-corrected chi connectivity index (χ4v) is 4.11. The van der Waals surface area contributed by atoms with Crippen molar-refractivity contribution in [2.24, 2.45) is 4.99 Å². The van der Waals surface area contributed by atoms with E-state index >= 15 is 0 Å². The number of piperazine rings is 1. The van der Waals surface area contributed by atoms with Gasteiger partial charge in [0.05, 0.1) is 6.54 Å². The summed E-state index contributed by atoms with van der Waals surface area (Å²) in [7, 11) is 0. The maximum Gasteiger partial charge on any atom is 0.227 e. The second-order valence-corrected chi connectivity index (χ2v) is 8.21. The van der Waals surface area contributed by atoms with E-state index < -0.39 is 0 Å². The Morgan fingerprint density at radius 3 is 2.40 bits per heavy atom. The Morgan fingerprint density at radius 1 is 1.07 bits per heavy atom. The summed E-state index contributed by atoms with van der Waals surface area (Å²) in [6.07, 6.45) is 1.62. The van der Waals surface area contributed by atoms with Crippen LogP contribution in [-0.4, -0.2) is 80.1 Å². The summed E-state index contributed by atoms with van der Waals surface area (Å²) >= 11 is 0. The number of hydrogen-bond donors (Lipinski definition) is 2. The van der Waals surface area contributed by atoms with Gasteiger partial charge in [-0.05, 0) is 44.5 Å². The number of guanidine groups is 1. The molecule has 2 aliphatic heterocycles. The van der Waals surface area contributed by atoms with Crippen molar-refractivity contribution in [2.75, 3.05) is 57.3 Å². The SMILES string of the molecule is CCNC(=NCc1ccc(N2CCCC2=O)cc1)NCC(C)N1CCN(CC)CC1. The van der Waals surface area contributed by atoms with Gasteiger partial charge in [0.2, 0.25) is 5.91 Å². The molecule has 1 unspecified atom stereocenters. The molecule has 0 spiro atoms. The van der Waals surface area contributed by atoms with Gasteiger partial charge in [0.25, 0.3) is 0 Å². The number of nitrogens with one attached hydrogen (secondary N) is 2. The monoisotopic (exact) mass is 414 g/mol. The van der Waals surface area contributed by atoms with Crippen molar-refractivity contribution in [1.29, 1.82) is 0 Å². The third-order valence-electron chi connectivity index (χ3n) is 6.13. The Hall–Kier alpha value is -2.12. The van der Waals surface area contributed by atoms with E-state index in [1.165, 1.54) is 0 Å². The van der Waals surface area contributed by atoms with Gasteiger partial charge in [0.1, 0.15) is 0 Å². The number of benzene rings is 1. The van der Waals surface area contributed by atoms with Gasteiger partial charge in [-0.25, -0.2) is 4.99 Å². The lowest BCUT2D eigenvalue weighted by Crippen LogP contribution is -2.53. The van der Waals surface area contributed by atoms with Gasteiger partial charge in [-0.15, -0.1) is 0 Å². The highest BCUT2D eigenvalue weighted by molar-refractivity contribution is 5.95. The molecule has 2 saturated heterocycles. The van der Waals surface area contributed by atoms with Crippen molar-refractivity contribution in [1.82, 2.24) is 20.4 Å². The maximum atomic E-state index is 11.9. The molecule has 0 radical (unpaired) electrons. The number of nitrogens with zero attached hydrogens (tertiary/aromatic N) is 4. The summed E-state index contributed by atoms with van der Waals surface area (Å²) in [6, 6.07) is 8.69. The van der Waals surface area contributed by atoms with Crippen molar-refractivity contribution in [2.45, 2.75) is 46.2 Å². The minimum absolute atomic E-state index is 0.227. The molecule has 7 heteroatoms. The number of likely N-dealkylation sites (N-methyl/N-ethyl adjacent to an activating group) is 1. The number of hydrogen-bond acceptors (Lipinski definition) is 4. The third kappa shape index (κ3) is 6.19.